The standard InChI is InChI=1S/C19H19NO3S/c21-18(12-14-4-2-1-3-5-14)20-8-11-24-19(20)15-6-7-16-17(13-15)23-10-9-22-16/h1-7,13,19H,8-12H2. The van der Waals surface area contributed by atoms with Crippen molar-refractivity contribution in [2.75, 3.05) is 25.5 Å². The van der Waals surface area contributed by atoms with E-state index in [0.29, 0.717) is 19.6 Å². The average Bonchev–Trinajstić information content (AvgIpc) is 3.12. The number of benzene rings is 2. The van der Waals surface area contributed by atoms with Gasteiger partial charge in [-0.3, -0.25) is 4.79 Å². The van der Waals surface area contributed by atoms with Gasteiger partial charge in [0, 0.05) is 12.3 Å². The van der Waals surface area contributed by atoms with E-state index in [1.54, 1.807) is 11.8 Å². The molecule has 2 aromatic carbocycles. The molecule has 4 nitrogen and oxygen atoms in total. The van der Waals surface area contributed by atoms with E-state index in [9.17, 15) is 4.79 Å². The van der Waals surface area contributed by atoms with E-state index >= 15 is 0 Å². The summed E-state index contributed by atoms with van der Waals surface area (Å²) in [6.45, 7) is 1.95. The minimum absolute atomic E-state index is 0.0528. The van der Waals surface area contributed by atoms with Crippen LogP contribution in [0.5, 0.6) is 11.5 Å². The number of nitrogens with zero attached hydrogens (tertiary/aromatic N) is 1. The molecule has 1 fully saturated rings. The molecule has 1 saturated heterocycles. The van der Waals surface area contributed by atoms with E-state index in [4.69, 9.17) is 9.47 Å². The monoisotopic (exact) mass is 341 g/mol. The second-order valence-electron chi connectivity index (χ2n) is 5.88. The number of amides is 1. The first-order valence-corrected chi connectivity index (χ1v) is 9.21. The Bertz CT molecular complexity index is 735. The van der Waals surface area contributed by atoms with E-state index in [-0.39, 0.29) is 11.3 Å². The van der Waals surface area contributed by atoms with Gasteiger partial charge in [-0.05, 0) is 23.3 Å². The van der Waals surface area contributed by atoms with Crippen LogP contribution in [0, 0.1) is 0 Å². The van der Waals surface area contributed by atoms with Gasteiger partial charge in [0.15, 0.2) is 11.5 Å². The van der Waals surface area contributed by atoms with Gasteiger partial charge < -0.3 is 14.4 Å². The van der Waals surface area contributed by atoms with Crippen molar-refractivity contribution in [1.29, 1.82) is 0 Å². The number of carbonyl (C=O) groups excluding carboxylic acids is 1. The number of hydrogen-bond donors (Lipinski definition) is 0. The Kier molecular flexibility index (Phi) is 4.34. The maximum Gasteiger partial charge on any atom is 0.228 e. The number of thioether (sulfide) groups is 1. The normalized spacial score (nSPS) is 19.3. The summed E-state index contributed by atoms with van der Waals surface area (Å²) in [5, 5.41) is 0.0528. The Morgan fingerprint density at radius 1 is 1.08 bits per heavy atom. The third-order valence-electron chi connectivity index (χ3n) is 4.26. The molecule has 4 rings (SSSR count). The molecule has 124 valence electrons. The van der Waals surface area contributed by atoms with Gasteiger partial charge in [0.1, 0.15) is 18.6 Å². The summed E-state index contributed by atoms with van der Waals surface area (Å²) < 4.78 is 11.3. The SMILES string of the molecule is O=C(Cc1ccccc1)N1CCSC1c1ccc2c(c1)OCCO2. The van der Waals surface area contributed by atoms with Crippen LogP contribution in [0.1, 0.15) is 16.5 Å². The second-order valence-corrected chi connectivity index (χ2v) is 7.06. The van der Waals surface area contributed by atoms with Gasteiger partial charge in [0.2, 0.25) is 5.91 Å². The van der Waals surface area contributed by atoms with Crippen molar-refractivity contribution in [3.05, 3.63) is 59.7 Å². The fourth-order valence-corrected chi connectivity index (χ4v) is 4.35. The number of rotatable bonds is 3. The van der Waals surface area contributed by atoms with Gasteiger partial charge in [-0.1, -0.05) is 36.4 Å². The Balaban J connectivity index is 1.53. The molecule has 1 amide bonds. The van der Waals surface area contributed by atoms with E-state index in [2.05, 4.69) is 0 Å². The highest BCUT2D eigenvalue weighted by Crippen LogP contribution is 2.41. The lowest BCUT2D eigenvalue weighted by molar-refractivity contribution is -0.130. The van der Waals surface area contributed by atoms with Crippen molar-refractivity contribution in [3.8, 4) is 11.5 Å². The Morgan fingerprint density at radius 3 is 2.71 bits per heavy atom. The van der Waals surface area contributed by atoms with E-state index < -0.39 is 0 Å². The van der Waals surface area contributed by atoms with Gasteiger partial charge >= 0.3 is 0 Å². The molecule has 2 aromatic rings. The molecule has 0 N–H and O–H groups in total. The molecule has 2 heterocycles. The molecule has 2 aliphatic heterocycles. The maximum atomic E-state index is 12.7. The predicted octanol–water partition coefficient (Wildman–Crippen LogP) is 3.27. The highest BCUT2D eigenvalue weighted by atomic mass is 32.2. The van der Waals surface area contributed by atoms with Crippen molar-refractivity contribution in [3.63, 3.8) is 0 Å². The summed E-state index contributed by atoms with van der Waals surface area (Å²) in [5.74, 6) is 2.70. The molecule has 0 saturated carbocycles. The van der Waals surface area contributed by atoms with Crippen LogP contribution in [0.3, 0.4) is 0 Å². The van der Waals surface area contributed by atoms with E-state index in [1.165, 1.54) is 0 Å². The number of fused-ring (bicyclic) bond motifs is 1. The van der Waals surface area contributed by atoms with Crippen LogP contribution in [-0.2, 0) is 11.2 Å². The molecule has 1 atom stereocenters. The number of ether oxygens (including phenoxy) is 2. The molecule has 2 aliphatic rings. The lowest BCUT2D eigenvalue weighted by atomic mass is 10.1. The Morgan fingerprint density at radius 2 is 1.88 bits per heavy atom. The molecule has 0 aromatic heterocycles. The van der Waals surface area contributed by atoms with E-state index in [0.717, 1.165) is 34.9 Å². The summed E-state index contributed by atoms with van der Waals surface area (Å²) in [6, 6.07) is 15.9. The third-order valence-corrected chi connectivity index (χ3v) is 5.52. The van der Waals surface area contributed by atoms with Crippen molar-refractivity contribution in [2.45, 2.75) is 11.8 Å². The van der Waals surface area contributed by atoms with Crippen LogP contribution in [0.25, 0.3) is 0 Å². The number of hydrogen-bond acceptors (Lipinski definition) is 4. The third kappa shape index (κ3) is 3.08. The van der Waals surface area contributed by atoms with Crippen LogP contribution in [0.15, 0.2) is 48.5 Å². The first-order valence-electron chi connectivity index (χ1n) is 8.16. The molecule has 1 unspecified atom stereocenters. The van der Waals surface area contributed by atoms with Gasteiger partial charge in [-0.2, -0.15) is 0 Å². The van der Waals surface area contributed by atoms with Gasteiger partial charge in [-0.15, -0.1) is 11.8 Å². The van der Waals surface area contributed by atoms with Gasteiger partial charge in [-0.25, -0.2) is 0 Å². The second kappa shape index (κ2) is 6.77. The Labute approximate surface area is 145 Å². The molecule has 0 spiro atoms. The van der Waals surface area contributed by atoms with E-state index in [1.807, 2.05) is 53.4 Å². The molecule has 0 radical (unpaired) electrons. The minimum Gasteiger partial charge on any atom is -0.486 e. The smallest absolute Gasteiger partial charge is 0.228 e. The van der Waals surface area contributed by atoms with Crippen molar-refractivity contribution in [2.24, 2.45) is 0 Å². The molecule has 0 aliphatic carbocycles. The van der Waals surface area contributed by atoms with Crippen molar-refractivity contribution in [1.82, 2.24) is 4.90 Å². The van der Waals surface area contributed by atoms with Crippen LogP contribution < -0.4 is 9.47 Å². The highest BCUT2D eigenvalue weighted by Gasteiger charge is 2.31. The highest BCUT2D eigenvalue weighted by molar-refractivity contribution is 7.99. The Hall–Kier alpha value is -2.14. The van der Waals surface area contributed by atoms with Crippen LogP contribution in [-0.4, -0.2) is 36.3 Å². The first-order chi connectivity index (χ1) is 11.8. The molecule has 5 heteroatoms. The molecular formula is C19H19NO3S. The maximum absolute atomic E-state index is 12.7. The molecule has 24 heavy (non-hydrogen) atoms. The zero-order chi connectivity index (χ0) is 16.4. The molecular weight excluding hydrogens is 322 g/mol. The van der Waals surface area contributed by atoms with Crippen LogP contribution >= 0.6 is 11.8 Å². The van der Waals surface area contributed by atoms with Crippen molar-refractivity contribution >= 4 is 17.7 Å². The zero-order valence-electron chi connectivity index (χ0n) is 13.3. The summed E-state index contributed by atoms with van der Waals surface area (Å²) in [6.07, 6.45) is 0.447. The average molecular weight is 341 g/mol. The minimum atomic E-state index is 0.0528. The quantitative estimate of drug-likeness (QED) is 0.859. The van der Waals surface area contributed by atoms with Gasteiger partial charge in [0.05, 0.1) is 6.42 Å². The number of carbonyl (C=O) groups is 1. The lowest BCUT2D eigenvalue weighted by Crippen LogP contribution is -2.31. The first kappa shape index (κ1) is 15.4. The zero-order valence-corrected chi connectivity index (χ0v) is 14.1. The summed E-state index contributed by atoms with van der Waals surface area (Å²) in [5.41, 5.74) is 2.16. The topological polar surface area (TPSA) is 38.8 Å². The fourth-order valence-electron chi connectivity index (χ4n) is 3.09. The van der Waals surface area contributed by atoms with Crippen molar-refractivity contribution < 1.29 is 14.3 Å². The fraction of sp³-hybridized carbons (Fsp3) is 0.316. The summed E-state index contributed by atoms with van der Waals surface area (Å²) in [4.78, 5) is 14.7. The van der Waals surface area contributed by atoms with Crippen LogP contribution in [0.4, 0.5) is 0 Å². The molecule has 0 bridgehead atoms. The lowest BCUT2D eigenvalue weighted by Gasteiger charge is -2.26. The van der Waals surface area contributed by atoms with Crippen LogP contribution in [0.2, 0.25) is 0 Å². The predicted molar refractivity (Wildman–Crippen MR) is 94.5 cm³/mol. The summed E-state index contributed by atoms with van der Waals surface area (Å²) in [7, 11) is 0. The van der Waals surface area contributed by atoms with Gasteiger partial charge in [0.25, 0.3) is 0 Å². The summed E-state index contributed by atoms with van der Waals surface area (Å²) >= 11 is 1.80. The largest absolute Gasteiger partial charge is 0.486 e.